The third kappa shape index (κ3) is 6.30. The fourth-order valence-corrected chi connectivity index (χ4v) is 3.58. The molecule has 0 aliphatic rings. The smallest absolute Gasteiger partial charge is 0.0703 e. The Kier molecular flexibility index (Phi) is 8.74. The van der Waals surface area contributed by atoms with Crippen LogP contribution in [0.5, 0.6) is 0 Å². The number of aryl methyl sites for hydroxylation is 3. The number of nitrogens with two attached hydrogens (primary N) is 1. The molecule has 0 saturated carbocycles. The lowest BCUT2D eigenvalue weighted by Gasteiger charge is -2.24. The first-order valence-electron chi connectivity index (χ1n) is 10.5. The molecule has 152 valence electrons. The molecule has 2 aromatic rings. The van der Waals surface area contributed by atoms with Crippen molar-refractivity contribution in [2.75, 3.05) is 13.2 Å². The number of aliphatic hydroxyl groups excluding tert-OH is 2. The summed E-state index contributed by atoms with van der Waals surface area (Å²) in [4.78, 5) is 0. The van der Waals surface area contributed by atoms with Crippen LogP contribution < -0.4 is 5.73 Å². The van der Waals surface area contributed by atoms with Crippen LogP contribution in [0.2, 0.25) is 0 Å². The van der Waals surface area contributed by atoms with Crippen LogP contribution in [0.15, 0.2) is 18.2 Å². The lowest BCUT2D eigenvalue weighted by molar-refractivity contribution is 0.115. The van der Waals surface area contributed by atoms with Crippen molar-refractivity contribution < 1.29 is 10.2 Å². The van der Waals surface area contributed by atoms with Crippen molar-refractivity contribution in [1.82, 2.24) is 9.78 Å². The molecule has 5 nitrogen and oxygen atoms in total. The van der Waals surface area contributed by atoms with E-state index in [-0.39, 0.29) is 13.2 Å². The Morgan fingerprint density at radius 2 is 1.67 bits per heavy atom. The molecule has 4 N–H and O–H groups in total. The molecule has 0 aliphatic heterocycles. The monoisotopic (exact) mass is 375 g/mol. The maximum atomic E-state index is 9.37. The SMILES string of the molecule is CCCCCCCCCc1nn(C)c2ccc(CCC(N)(CO)CO)cc12. The fraction of sp³-hybridized carbons (Fsp3) is 0.682. The number of aromatic nitrogens is 2. The molecule has 0 spiro atoms. The summed E-state index contributed by atoms with van der Waals surface area (Å²) in [6, 6.07) is 6.41. The molecule has 1 aromatic carbocycles. The van der Waals surface area contributed by atoms with Gasteiger partial charge in [-0.2, -0.15) is 5.10 Å². The van der Waals surface area contributed by atoms with Crippen LogP contribution in [0.3, 0.4) is 0 Å². The van der Waals surface area contributed by atoms with E-state index in [0.717, 1.165) is 18.4 Å². The molecule has 5 heteroatoms. The molecule has 0 saturated heterocycles. The van der Waals surface area contributed by atoms with Gasteiger partial charge in [0.25, 0.3) is 0 Å². The minimum atomic E-state index is -0.912. The van der Waals surface area contributed by atoms with Crippen molar-refractivity contribution in [2.24, 2.45) is 12.8 Å². The number of rotatable bonds is 13. The van der Waals surface area contributed by atoms with Crippen LogP contribution in [0.4, 0.5) is 0 Å². The van der Waals surface area contributed by atoms with Crippen molar-refractivity contribution in [3.63, 3.8) is 0 Å². The summed E-state index contributed by atoms with van der Waals surface area (Å²) >= 11 is 0. The number of benzene rings is 1. The second-order valence-corrected chi connectivity index (χ2v) is 7.97. The number of hydrogen-bond acceptors (Lipinski definition) is 4. The summed E-state index contributed by atoms with van der Waals surface area (Å²) in [6.45, 7) is 1.84. The molecule has 0 atom stereocenters. The fourth-order valence-electron chi connectivity index (χ4n) is 3.58. The lowest BCUT2D eigenvalue weighted by atomic mass is 9.93. The van der Waals surface area contributed by atoms with Gasteiger partial charge in [-0.3, -0.25) is 4.68 Å². The second kappa shape index (κ2) is 10.8. The topological polar surface area (TPSA) is 84.3 Å². The predicted octanol–water partition coefficient (Wildman–Crippen LogP) is 3.48. The quantitative estimate of drug-likeness (QED) is 0.468. The predicted molar refractivity (Wildman–Crippen MR) is 112 cm³/mol. The molecule has 2 rings (SSSR count). The van der Waals surface area contributed by atoms with Crippen LogP contribution in [-0.4, -0.2) is 38.7 Å². The van der Waals surface area contributed by atoms with Crippen molar-refractivity contribution in [1.29, 1.82) is 0 Å². The van der Waals surface area contributed by atoms with Gasteiger partial charge < -0.3 is 15.9 Å². The summed E-state index contributed by atoms with van der Waals surface area (Å²) in [5.41, 5.74) is 8.59. The van der Waals surface area contributed by atoms with Crippen molar-refractivity contribution in [3.05, 3.63) is 29.5 Å². The first-order chi connectivity index (χ1) is 13.0. The normalized spacial score (nSPS) is 12.2. The van der Waals surface area contributed by atoms with Gasteiger partial charge in [0.05, 0.1) is 30.0 Å². The van der Waals surface area contributed by atoms with E-state index >= 15 is 0 Å². The molecule has 0 fully saturated rings. The van der Waals surface area contributed by atoms with Crippen molar-refractivity contribution in [3.8, 4) is 0 Å². The van der Waals surface area contributed by atoms with Crippen molar-refractivity contribution >= 4 is 10.9 Å². The highest BCUT2D eigenvalue weighted by molar-refractivity contribution is 5.82. The summed E-state index contributed by atoms with van der Waals surface area (Å²) in [5, 5.41) is 24.7. The maximum absolute atomic E-state index is 9.37. The molecular weight excluding hydrogens is 338 g/mol. The molecule has 0 radical (unpaired) electrons. The number of hydrogen-bond donors (Lipinski definition) is 3. The molecule has 1 aromatic heterocycles. The lowest BCUT2D eigenvalue weighted by Crippen LogP contribution is -2.47. The zero-order valence-corrected chi connectivity index (χ0v) is 17.1. The molecule has 27 heavy (non-hydrogen) atoms. The molecule has 0 bridgehead atoms. The van der Waals surface area contributed by atoms with E-state index in [1.54, 1.807) is 0 Å². The summed E-state index contributed by atoms with van der Waals surface area (Å²) in [5.74, 6) is 0. The van der Waals surface area contributed by atoms with E-state index in [4.69, 9.17) is 10.8 Å². The Morgan fingerprint density at radius 1 is 1.00 bits per heavy atom. The van der Waals surface area contributed by atoms with Crippen molar-refractivity contribution in [2.45, 2.75) is 76.7 Å². The van der Waals surface area contributed by atoms with Gasteiger partial charge in [-0.05, 0) is 43.4 Å². The maximum Gasteiger partial charge on any atom is 0.0703 e. The van der Waals surface area contributed by atoms with E-state index in [0.29, 0.717) is 6.42 Å². The molecule has 0 amide bonds. The first-order valence-corrected chi connectivity index (χ1v) is 10.5. The Bertz CT molecular complexity index is 692. The minimum Gasteiger partial charge on any atom is -0.394 e. The first kappa shape index (κ1) is 21.9. The van der Waals surface area contributed by atoms with Crippen LogP contribution in [-0.2, 0) is 19.9 Å². The Morgan fingerprint density at radius 3 is 2.33 bits per heavy atom. The molecule has 1 heterocycles. The van der Waals surface area contributed by atoms with E-state index in [1.165, 1.54) is 61.6 Å². The van der Waals surface area contributed by atoms with Gasteiger partial charge in [-0.1, -0.05) is 51.5 Å². The van der Waals surface area contributed by atoms with E-state index in [2.05, 4.69) is 25.1 Å². The van der Waals surface area contributed by atoms with E-state index in [9.17, 15) is 10.2 Å². The largest absolute Gasteiger partial charge is 0.394 e. The molecule has 0 aliphatic carbocycles. The molecule has 0 unspecified atom stereocenters. The summed E-state index contributed by atoms with van der Waals surface area (Å²) < 4.78 is 1.96. The Hall–Kier alpha value is -1.43. The standard InChI is InChI=1S/C22H37N3O2/c1-3-4-5-6-7-8-9-10-20-19-15-18(11-12-21(19)25(2)24-20)13-14-22(23,16-26)17-27/h11-12,15,26-27H,3-10,13-14,16-17,23H2,1-2H3. The highest BCUT2D eigenvalue weighted by Crippen LogP contribution is 2.23. The van der Waals surface area contributed by atoms with Gasteiger partial charge in [-0.15, -0.1) is 0 Å². The highest BCUT2D eigenvalue weighted by Gasteiger charge is 2.22. The Labute approximate surface area is 163 Å². The number of aliphatic hydroxyl groups is 2. The zero-order valence-electron chi connectivity index (χ0n) is 17.1. The average molecular weight is 376 g/mol. The number of unbranched alkanes of at least 4 members (excludes halogenated alkanes) is 6. The Balaban J connectivity index is 1.96. The van der Waals surface area contributed by atoms with Gasteiger partial charge >= 0.3 is 0 Å². The minimum absolute atomic E-state index is 0.206. The third-order valence-electron chi connectivity index (χ3n) is 5.55. The summed E-state index contributed by atoms with van der Waals surface area (Å²) in [6.07, 6.45) is 11.4. The van der Waals surface area contributed by atoms with Crippen LogP contribution >= 0.6 is 0 Å². The third-order valence-corrected chi connectivity index (χ3v) is 5.55. The number of nitrogens with zero attached hydrogens (tertiary/aromatic N) is 2. The molecular formula is C22H37N3O2. The van der Waals surface area contributed by atoms with Gasteiger partial charge in [0.1, 0.15) is 0 Å². The summed E-state index contributed by atoms with van der Waals surface area (Å²) in [7, 11) is 2.00. The van der Waals surface area contributed by atoms with Crippen LogP contribution in [0.1, 0.15) is 69.5 Å². The van der Waals surface area contributed by atoms with Crippen LogP contribution in [0, 0.1) is 0 Å². The van der Waals surface area contributed by atoms with Gasteiger partial charge in [0.15, 0.2) is 0 Å². The number of fused-ring (bicyclic) bond motifs is 1. The van der Waals surface area contributed by atoms with E-state index < -0.39 is 5.54 Å². The van der Waals surface area contributed by atoms with Crippen LogP contribution in [0.25, 0.3) is 10.9 Å². The van der Waals surface area contributed by atoms with Gasteiger partial charge in [0.2, 0.25) is 0 Å². The highest BCUT2D eigenvalue weighted by atomic mass is 16.3. The van der Waals surface area contributed by atoms with E-state index in [1.807, 2.05) is 11.7 Å². The average Bonchev–Trinajstić information content (AvgIpc) is 3.00. The van der Waals surface area contributed by atoms with Gasteiger partial charge in [0, 0.05) is 12.4 Å². The second-order valence-electron chi connectivity index (χ2n) is 7.97. The van der Waals surface area contributed by atoms with Gasteiger partial charge in [-0.25, -0.2) is 0 Å². The zero-order chi connectivity index (χ0) is 19.7.